The molecule has 1 saturated heterocycles. The fourth-order valence-corrected chi connectivity index (χ4v) is 5.79. The van der Waals surface area contributed by atoms with Gasteiger partial charge in [0.05, 0.1) is 25.7 Å². The summed E-state index contributed by atoms with van der Waals surface area (Å²) in [5.74, 6) is 0.683. The first-order valence-electron chi connectivity index (χ1n) is 19.8. The molecule has 0 saturated carbocycles. The second-order valence-electron chi connectivity index (χ2n) is 20.6. The van der Waals surface area contributed by atoms with Crippen molar-refractivity contribution in [2.75, 3.05) is 13.2 Å². The van der Waals surface area contributed by atoms with Crippen LogP contribution in [0, 0.1) is 33.0 Å². The fourth-order valence-electron chi connectivity index (χ4n) is 5.79. The van der Waals surface area contributed by atoms with Gasteiger partial charge in [-0.25, -0.2) is 0 Å². The standard InChI is InChI=1S/C20H32O2.C18H28O2.C7H14O.C4H6/c1-19(2,3)11-18(20(4,5)6)16-9-7-15(8-10-16)12-21-13-17-14-22-17;1-17(2,3)12-15(18(4,5)6)16(19)20-13-14-10-8-7-9-11-14;1-6(8)5-7(2,3)4;1-3-4-2/h7-10,17-18H,11-14H2,1-6H3;7-11,15H,12-13H2,1-6H3;5H2,1-4H3;3-4H,1-2H2. The van der Waals surface area contributed by atoms with Gasteiger partial charge in [0.25, 0.3) is 0 Å². The molecule has 0 aliphatic carbocycles. The van der Waals surface area contributed by atoms with Crippen molar-refractivity contribution < 1.29 is 23.8 Å². The summed E-state index contributed by atoms with van der Waals surface area (Å²) in [6.45, 7) is 44.0. The Kier molecular flexibility index (Phi) is 21.8. The van der Waals surface area contributed by atoms with Crippen molar-refractivity contribution in [2.45, 2.75) is 155 Å². The second kappa shape index (κ2) is 23.1. The predicted molar refractivity (Wildman–Crippen MR) is 231 cm³/mol. The third kappa shape index (κ3) is 26.7. The number of allylic oxidation sites excluding steroid dienone is 2. The maximum atomic E-state index is 12.4. The SMILES string of the molecule is C=CC=C.CC(=O)CC(C)(C)C.CC(C)(C)CC(C(=O)OCc1ccccc1)C(C)(C)C.CC(C)(C)CC(c1ccc(COCC2CO2)cc1)C(C)(C)C. The van der Waals surface area contributed by atoms with Crippen molar-refractivity contribution >= 4 is 11.8 Å². The van der Waals surface area contributed by atoms with Gasteiger partial charge in [0.2, 0.25) is 0 Å². The van der Waals surface area contributed by atoms with Gasteiger partial charge in [0.1, 0.15) is 18.5 Å². The lowest BCUT2D eigenvalue weighted by Crippen LogP contribution is -2.33. The molecule has 1 aliphatic rings. The first-order valence-corrected chi connectivity index (χ1v) is 19.8. The topological polar surface area (TPSA) is 65.1 Å². The van der Waals surface area contributed by atoms with Gasteiger partial charge >= 0.3 is 5.97 Å². The van der Waals surface area contributed by atoms with Crippen molar-refractivity contribution in [3.8, 4) is 0 Å². The molecule has 1 fully saturated rings. The van der Waals surface area contributed by atoms with Crippen LogP contribution in [0.5, 0.6) is 0 Å². The first-order chi connectivity index (χ1) is 24.6. The number of carbonyl (C=O) groups excluding carboxylic acids is 2. The number of carbonyl (C=O) groups is 2. The summed E-state index contributed by atoms with van der Waals surface area (Å²) >= 11 is 0. The molecule has 5 nitrogen and oxygen atoms in total. The van der Waals surface area contributed by atoms with Crippen LogP contribution in [0.15, 0.2) is 79.9 Å². The van der Waals surface area contributed by atoms with Gasteiger partial charge in [0.15, 0.2) is 0 Å². The zero-order valence-electron chi connectivity index (χ0n) is 37.5. The number of hydrogen-bond acceptors (Lipinski definition) is 5. The number of Topliss-reactive ketones (excluding diaryl/α,β-unsaturated/α-hetero) is 1. The van der Waals surface area contributed by atoms with E-state index in [1.54, 1.807) is 19.1 Å². The van der Waals surface area contributed by atoms with E-state index in [0.717, 1.165) is 25.2 Å². The average molecular weight is 749 g/mol. The van der Waals surface area contributed by atoms with E-state index in [1.807, 2.05) is 30.3 Å². The number of hydrogen-bond donors (Lipinski definition) is 0. The van der Waals surface area contributed by atoms with Gasteiger partial charge in [0, 0.05) is 6.42 Å². The summed E-state index contributed by atoms with van der Waals surface area (Å²) in [4.78, 5) is 22.9. The van der Waals surface area contributed by atoms with Gasteiger partial charge in [-0.1, -0.05) is 184 Å². The Labute approximate surface area is 332 Å². The molecule has 3 unspecified atom stereocenters. The van der Waals surface area contributed by atoms with Gasteiger partial charge in [-0.05, 0) is 69.4 Å². The molecule has 5 heteroatoms. The highest BCUT2D eigenvalue weighted by Gasteiger charge is 2.36. The lowest BCUT2D eigenvalue weighted by atomic mass is 9.69. The van der Waals surface area contributed by atoms with Crippen LogP contribution < -0.4 is 0 Å². The van der Waals surface area contributed by atoms with E-state index in [2.05, 4.69) is 141 Å². The predicted octanol–water partition coefficient (Wildman–Crippen LogP) is 13.4. The van der Waals surface area contributed by atoms with Crippen LogP contribution in [0.4, 0.5) is 0 Å². The summed E-state index contributed by atoms with van der Waals surface area (Å²) in [5.41, 5.74) is 4.53. The minimum atomic E-state index is -0.0868. The van der Waals surface area contributed by atoms with Gasteiger partial charge < -0.3 is 19.0 Å². The Morgan fingerprint density at radius 1 is 0.704 bits per heavy atom. The van der Waals surface area contributed by atoms with E-state index in [4.69, 9.17) is 14.2 Å². The van der Waals surface area contributed by atoms with E-state index in [0.29, 0.717) is 37.1 Å². The number of esters is 1. The molecule has 3 rings (SSSR count). The lowest BCUT2D eigenvalue weighted by molar-refractivity contribution is -0.155. The lowest BCUT2D eigenvalue weighted by Gasteiger charge is -2.36. The largest absolute Gasteiger partial charge is 0.461 e. The summed E-state index contributed by atoms with van der Waals surface area (Å²) in [7, 11) is 0. The second-order valence-corrected chi connectivity index (χ2v) is 20.6. The third-order valence-corrected chi connectivity index (χ3v) is 8.54. The monoisotopic (exact) mass is 749 g/mol. The summed E-state index contributed by atoms with van der Waals surface area (Å²) in [6.07, 6.45) is 6.35. The smallest absolute Gasteiger partial charge is 0.309 e. The number of rotatable bonds is 12. The highest BCUT2D eigenvalue weighted by molar-refractivity contribution is 5.76. The number of ether oxygens (including phenoxy) is 3. The van der Waals surface area contributed by atoms with Crippen LogP contribution >= 0.6 is 0 Å². The molecule has 0 bridgehead atoms. The van der Waals surface area contributed by atoms with Crippen LogP contribution in [0.1, 0.15) is 153 Å². The van der Waals surface area contributed by atoms with E-state index in [1.165, 1.54) is 17.5 Å². The van der Waals surface area contributed by atoms with Crippen LogP contribution in [0.25, 0.3) is 0 Å². The molecular weight excluding hydrogens is 669 g/mol. The molecule has 0 radical (unpaired) electrons. The summed E-state index contributed by atoms with van der Waals surface area (Å²) in [6, 6.07) is 18.8. The third-order valence-electron chi connectivity index (χ3n) is 8.54. The Hall–Kier alpha value is -3.02. The van der Waals surface area contributed by atoms with E-state index >= 15 is 0 Å². The maximum absolute atomic E-state index is 12.4. The molecule has 54 heavy (non-hydrogen) atoms. The minimum Gasteiger partial charge on any atom is -0.461 e. The van der Waals surface area contributed by atoms with Crippen molar-refractivity contribution in [1.82, 2.24) is 0 Å². The van der Waals surface area contributed by atoms with Crippen molar-refractivity contribution in [1.29, 1.82) is 0 Å². The Bertz CT molecular complexity index is 1340. The molecule has 1 aliphatic heterocycles. The Morgan fingerprint density at radius 2 is 1.19 bits per heavy atom. The normalized spacial score (nSPS) is 15.4. The van der Waals surface area contributed by atoms with Gasteiger partial charge in [-0.2, -0.15) is 0 Å². The Balaban J connectivity index is 0.000000805. The molecule has 0 aromatic heterocycles. The van der Waals surface area contributed by atoms with Gasteiger partial charge in [-0.3, -0.25) is 4.79 Å². The first kappa shape index (κ1) is 51.0. The number of benzene rings is 2. The number of epoxide rings is 1. The van der Waals surface area contributed by atoms with Gasteiger partial charge in [-0.15, -0.1) is 0 Å². The molecule has 1 heterocycles. The zero-order valence-corrected chi connectivity index (χ0v) is 37.5. The fraction of sp³-hybridized carbons (Fsp3) is 0.633. The Morgan fingerprint density at radius 3 is 1.54 bits per heavy atom. The quantitative estimate of drug-likeness (QED) is 0.123. The average Bonchev–Trinajstić information content (AvgIpc) is 3.85. The van der Waals surface area contributed by atoms with Crippen molar-refractivity contribution in [2.24, 2.45) is 33.0 Å². The molecule has 2 aromatic carbocycles. The number of ketones is 1. The maximum Gasteiger partial charge on any atom is 0.309 e. The molecule has 0 amide bonds. The molecule has 0 N–H and O–H groups in total. The zero-order chi connectivity index (χ0) is 42.0. The summed E-state index contributed by atoms with van der Waals surface area (Å²) < 4.78 is 16.3. The van der Waals surface area contributed by atoms with Crippen LogP contribution in [-0.4, -0.2) is 31.1 Å². The van der Waals surface area contributed by atoms with Crippen LogP contribution in [-0.2, 0) is 37.0 Å². The molecule has 3 atom stereocenters. The van der Waals surface area contributed by atoms with Crippen molar-refractivity contribution in [3.63, 3.8) is 0 Å². The van der Waals surface area contributed by atoms with Crippen molar-refractivity contribution in [3.05, 3.63) is 96.6 Å². The highest BCUT2D eigenvalue weighted by atomic mass is 16.6. The van der Waals surface area contributed by atoms with E-state index in [9.17, 15) is 9.59 Å². The minimum absolute atomic E-state index is 0.0776. The molecular formula is C49H80O5. The van der Waals surface area contributed by atoms with Crippen LogP contribution in [0.3, 0.4) is 0 Å². The molecule has 2 aromatic rings. The van der Waals surface area contributed by atoms with E-state index in [-0.39, 0.29) is 39.3 Å². The molecule has 0 spiro atoms. The molecule has 306 valence electrons. The van der Waals surface area contributed by atoms with Crippen LogP contribution in [0.2, 0.25) is 0 Å². The summed E-state index contributed by atoms with van der Waals surface area (Å²) in [5, 5.41) is 0. The highest BCUT2D eigenvalue weighted by Crippen LogP contribution is 2.43. The van der Waals surface area contributed by atoms with E-state index < -0.39 is 0 Å².